The predicted octanol–water partition coefficient (Wildman–Crippen LogP) is 2.92. The van der Waals surface area contributed by atoms with Gasteiger partial charge in [-0.05, 0) is 59.8 Å². The van der Waals surface area contributed by atoms with Crippen LogP contribution in [0.15, 0.2) is 35.2 Å². The van der Waals surface area contributed by atoms with Crippen molar-refractivity contribution in [1.29, 1.82) is 0 Å². The first-order chi connectivity index (χ1) is 8.92. The molecule has 1 heterocycles. The number of benzene rings is 1. The van der Waals surface area contributed by atoms with Crippen molar-refractivity contribution in [2.75, 3.05) is 4.72 Å². The monoisotopic (exact) mass is 408 g/mol. The Morgan fingerprint density at radius 3 is 2.47 bits per heavy atom. The zero-order valence-electron chi connectivity index (χ0n) is 10.2. The quantitative estimate of drug-likeness (QED) is 0.765. The van der Waals surface area contributed by atoms with E-state index in [1.807, 2.05) is 12.1 Å². The number of nitrogens with one attached hydrogen (secondary N) is 1. The number of thiophene rings is 1. The Hall–Kier alpha value is -0.640. The number of nitrogens with two attached hydrogens (primary N) is 1. The molecule has 102 valence electrons. The molecule has 4 nitrogen and oxygen atoms in total. The Kier molecular flexibility index (Phi) is 4.49. The van der Waals surface area contributed by atoms with Crippen LogP contribution in [0.25, 0.3) is 0 Å². The number of sulfonamides is 1. The fourth-order valence-corrected chi connectivity index (χ4v) is 4.55. The van der Waals surface area contributed by atoms with Crippen molar-refractivity contribution < 1.29 is 8.42 Å². The Labute approximate surface area is 130 Å². The number of anilines is 1. The summed E-state index contributed by atoms with van der Waals surface area (Å²) in [4.78, 5) is 1.91. The SMILES string of the molecule is Cc1sc(CN)cc1S(=O)(=O)Nc1ccc(I)cc1. The highest BCUT2D eigenvalue weighted by atomic mass is 127. The molecule has 0 aliphatic heterocycles. The number of halogens is 1. The molecule has 2 aromatic rings. The second-order valence-electron chi connectivity index (χ2n) is 3.95. The molecule has 0 amide bonds. The maximum Gasteiger partial charge on any atom is 0.263 e. The van der Waals surface area contributed by atoms with Gasteiger partial charge in [-0.25, -0.2) is 8.42 Å². The van der Waals surface area contributed by atoms with Crippen molar-refractivity contribution in [2.24, 2.45) is 5.73 Å². The van der Waals surface area contributed by atoms with E-state index in [2.05, 4.69) is 27.3 Å². The zero-order chi connectivity index (χ0) is 14.0. The zero-order valence-corrected chi connectivity index (χ0v) is 14.0. The topological polar surface area (TPSA) is 72.2 Å². The van der Waals surface area contributed by atoms with E-state index in [1.54, 1.807) is 25.1 Å². The van der Waals surface area contributed by atoms with Gasteiger partial charge in [-0.15, -0.1) is 11.3 Å². The normalized spacial score (nSPS) is 11.5. The molecule has 1 aromatic carbocycles. The van der Waals surface area contributed by atoms with Gasteiger partial charge < -0.3 is 5.73 Å². The summed E-state index contributed by atoms with van der Waals surface area (Å²) in [5.41, 5.74) is 6.09. The summed E-state index contributed by atoms with van der Waals surface area (Å²) in [7, 11) is -3.54. The molecule has 0 atom stereocenters. The van der Waals surface area contributed by atoms with E-state index >= 15 is 0 Å². The fourth-order valence-electron chi connectivity index (χ4n) is 1.62. The van der Waals surface area contributed by atoms with Gasteiger partial charge in [0.25, 0.3) is 10.0 Å². The largest absolute Gasteiger partial charge is 0.326 e. The smallest absolute Gasteiger partial charge is 0.263 e. The number of rotatable bonds is 4. The lowest BCUT2D eigenvalue weighted by molar-refractivity contribution is 0.601. The number of hydrogen-bond acceptors (Lipinski definition) is 4. The van der Waals surface area contributed by atoms with E-state index in [-0.39, 0.29) is 0 Å². The predicted molar refractivity (Wildman–Crippen MR) is 86.9 cm³/mol. The highest BCUT2D eigenvalue weighted by molar-refractivity contribution is 14.1. The van der Waals surface area contributed by atoms with Gasteiger partial charge in [-0.1, -0.05) is 0 Å². The van der Waals surface area contributed by atoms with Crippen LogP contribution in [0.1, 0.15) is 9.75 Å². The first kappa shape index (κ1) is 14.8. The lowest BCUT2D eigenvalue weighted by Gasteiger charge is -2.07. The van der Waals surface area contributed by atoms with E-state index in [0.717, 1.165) is 13.3 Å². The van der Waals surface area contributed by atoms with E-state index in [0.29, 0.717) is 17.1 Å². The summed E-state index contributed by atoms with van der Waals surface area (Å²) < 4.78 is 28.2. The van der Waals surface area contributed by atoms with Crippen molar-refractivity contribution >= 4 is 49.6 Å². The minimum Gasteiger partial charge on any atom is -0.326 e. The number of aryl methyl sites for hydroxylation is 1. The Bertz CT molecular complexity index is 678. The summed E-state index contributed by atoms with van der Waals surface area (Å²) in [6.07, 6.45) is 0. The molecule has 0 saturated carbocycles. The molecule has 7 heteroatoms. The molecule has 19 heavy (non-hydrogen) atoms. The Morgan fingerprint density at radius 1 is 1.32 bits per heavy atom. The highest BCUT2D eigenvalue weighted by Gasteiger charge is 2.19. The third kappa shape index (κ3) is 3.47. The van der Waals surface area contributed by atoms with Crippen LogP contribution in [0.3, 0.4) is 0 Å². The van der Waals surface area contributed by atoms with Gasteiger partial charge in [0.2, 0.25) is 0 Å². The summed E-state index contributed by atoms with van der Waals surface area (Å²) in [5, 5.41) is 0. The molecule has 0 aliphatic rings. The molecule has 0 radical (unpaired) electrons. The summed E-state index contributed by atoms with van der Waals surface area (Å²) in [5.74, 6) is 0. The fraction of sp³-hybridized carbons (Fsp3) is 0.167. The van der Waals surface area contributed by atoms with Crippen LogP contribution in [0.2, 0.25) is 0 Å². The van der Waals surface area contributed by atoms with E-state index in [9.17, 15) is 8.42 Å². The van der Waals surface area contributed by atoms with E-state index in [1.165, 1.54) is 11.3 Å². The molecule has 0 aliphatic carbocycles. The standard InChI is InChI=1S/C12H13IN2O2S2/c1-8-12(6-11(7-14)18-8)19(16,17)15-10-4-2-9(13)3-5-10/h2-6,15H,7,14H2,1H3. The van der Waals surface area contributed by atoms with Crippen molar-refractivity contribution in [3.8, 4) is 0 Å². The maximum absolute atomic E-state index is 12.3. The maximum atomic E-state index is 12.3. The lowest BCUT2D eigenvalue weighted by atomic mass is 10.3. The molecule has 3 N–H and O–H groups in total. The Balaban J connectivity index is 2.31. The molecular formula is C12H13IN2O2S2. The second kappa shape index (κ2) is 5.78. The second-order valence-corrected chi connectivity index (χ2v) is 8.19. The average molecular weight is 408 g/mol. The van der Waals surface area contributed by atoms with Gasteiger partial charge in [-0.3, -0.25) is 4.72 Å². The van der Waals surface area contributed by atoms with Crippen LogP contribution < -0.4 is 10.5 Å². The Morgan fingerprint density at radius 2 is 1.95 bits per heavy atom. The molecule has 0 unspecified atom stereocenters. The van der Waals surface area contributed by atoms with Crippen molar-refractivity contribution in [3.63, 3.8) is 0 Å². The van der Waals surface area contributed by atoms with Gasteiger partial charge in [0, 0.05) is 25.6 Å². The van der Waals surface area contributed by atoms with E-state index < -0.39 is 10.0 Å². The van der Waals surface area contributed by atoms with Crippen LogP contribution in [-0.2, 0) is 16.6 Å². The summed E-state index contributed by atoms with van der Waals surface area (Å²) in [6.45, 7) is 2.14. The summed E-state index contributed by atoms with van der Waals surface area (Å²) in [6, 6.07) is 8.82. The molecule has 0 fully saturated rings. The van der Waals surface area contributed by atoms with Gasteiger partial charge in [-0.2, -0.15) is 0 Å². The lowest BCUT2D eigenvalue weighted by Crippen LogP contribution is -2.13. The average Bonchev–Trinajstić information content (AvgIpc) is 2.74. The van der Waals surface area contributed by atoms with Crippen LogP contribution in [0.5, 0.6) is 0 Å². The van der Waals surface area contributed by atoms with Gasteiger partial charge in [0.15, 0.2) is 0 Å². The first-order valence-electron chi connectivity index (χ1n) is 5.50. The van der Waals surface area contributed by atoms with Crippen molar-refractivity contribution in [3.05, 3.63) is 43.7 Å². The highest BCUT2D eigenvalue weighted by Crippen LogP contribution is 2.27. The van der Waals surface area contributed by atoms with Crippen LogP contribution in [0.4, 0.5) is 5.69 Å². The molecule has 0 spiro atoms. The van der Waals surface area contributed by atoms with Gasteiger partial charge >= 0.3 is 0 Å². The number of hydrogen-bond donors (Lipinski definition) is 2. The third-order valence-corrected chi connectivity index (χ3v) is 5.94. The van der Waals surface area contributed by atoms with Gasteiger partial charge in [0.1, 0.15) is 4.90 Å². The van der Waals surface area contributed by atoms with Crippen LogP contribution in [-0.4, -0.2) is 8.42 Å². The third-order valence-electron chi connectivity index (χ3n) is 2.51. The first-order valence-corrected chi connectivity index (χ1v) is 8.88. The summed E-state index contributed by atoms with van der Waals surface area (Å²) >= 11 is 3.58. The van der Waals surface area contributed by atoms with Gasteiger partial charge in [0.05, 0.1) is 0 Å². The van der Waals surface area contributed by atoms with Crippen molar-refractivity contribution in [2.45, 2.75) is 18.4 Å². The molecule has 2 rings (SSSR count). The van der Waals surface area contributed by atoms with Crippen LogP contribution >= 0.6 is 33.9 Å². The minimum atomic E-state index is -3.54. The van der Waals surface area contributed by atoms with Crippen LogP contribution in [0, 0.1) is 10.5 Å². The molecule has 0 saturated heterocycles. The minimum absolute atomic E-state index is 0.302. The van der Waals surface area contributed by atoms with E-state index in [4.69, 9.17) is 5.73 Å². The molecule has 1 aromatic heterocycles. The molecule has 0 bridgehead atoms. The van der Waals surface area contributed by atoms with Crippen molar-refractivity contribution in [1.82, 2.24) is 0 Å². The molecular weight excluding hydrogens is 395 g/mol.